The number of halogens is 1. The maximum atomic E-state index is 12.4. The first-order chi connectivity index (χ1) is 13.8. The Bertz CT molecular complexity index is 900. The van der Waals surface area contributed by atoms with Gasteiger partial charge in [0, 0.05) is 17.3 Å². The first kappa shape index (κ1) is 22.2. The Kier molecular flexibility index (Phi) is 8.03. The molecule has 0 saturated heterocycles. The summed E-state index contributed by atoms with van der Waals surface area (Å²) in [6.45, 7) is 3.23. The van der Waals surface area contributed by atoms with Crippen LogP contribution in [0.1, 0.15) is 22.8 Å². The van der Waals surface area contributed by atoms with Gasteiger partial charge in [-0.1, -0.05) is 23.7 Å². The normalized spacial score (nSPS) is 10.2. The predicted molar refractivity (Wildman–Crippen MR) is 110 cm³/mol. The van der Waals surface area contributed by atoms with Crippen molar-refractivity contribution in [3.05, 3.63) is 58.6 Å². The zero-order valence-corrected chi connectivity index (χ0v) is 17.3. The highest BCUT2D eigenvalue weighted by molar-refractivity contribution is 6.31. The van der Waals surface area contributed by atoms with E-state index in [-0.39, 0.29) is 24.6 Å². The lowest BCUT2D eigenvalue weighted by atomic mass is 10.2. The first-order valence-corrected chi connectivity index (χ1v) is 9.36. The highest BCUT2D eigenvalue weighted by atomic mass is 35.5. The van der Waals surface area contributed by atoms with E-state index < -0.39 is 18.5 Å². The molecule has 7 nitrogen and oxygen atoms in total. The summed E-state index contributed by atoms with van der Waals surface area (Å²) in [5.41, 5.74) is 1.70. The molecule has 0 bridgehead atoms. The van der Waals surface area contributed by atoms with Crippen molar-refractivity contribution in [2.24, 2.45) is 0 Å². The third-order valence-electron chi connectivity index (χ3n) is 4.17. The highest BCUT2D eigenvalue weighted by Gasteiger charge is 2.18. The fourth-order valence-corrected chi connectivity index (χ4v) is 2.69. The summed E-state index contributed by atoms with van der Waals surface area (Å²) in [6.07, 6.45) is 0. The van der Waals surface area contributed by atoms with Gasteiger partial charge < -0.3 is 19.7 Å². The number of hydrogen-bond donors (Lipinski definition) is 1. The summed E-state index contributed by atoms with van der Waals surface area (Å²) < 4.78 is 10.1. The molecule has 1 N–H and O–H groups in total. The Balaban J connectivity index is 1.91. The maximum absolute atomic E-state index is 12.4. The molecule has 2 aromatic rings. The number of benzene rings is 2. The Morgan fingerprint density at radius 1 is 1.14 bits per heavy atom. The molecule has 154 valence electrons. The topological polar surface area (TPSA) is 84.9 Å². The number of nitrogens with zero attached hydrogens (tertiary/aromatic N) is 1. The molecule has 2 amide bonds. The van der Waals surface area contributed by atoms with Gasteiger partial charge in [0.25, 0.3) is 5.91 Å². The number of anilines is 1. The van der Waals surface area contributed by atoms with Crippen LogP contribution in [0.4, 0.5) is 5.69 Å². The van der Waals surface area contributed by atoms with Crippen molar-refractivity contribution < 1.29 is 23.9 Å². The third-order valence-corrected chi connectivity index (χ3v) is 4.41. The van der Waals surface area contributed by atoms with Gasteiger partial charge in [0.05, 0.1) is 19.2 Å². The van der Waals surface area contributed by atoms with Gasteiger partial charge in [-0.05, 0) is 49.7 Å². The smallest absolute Gasteiger partial charge is 0.338 e. The van der Waals surface area contributed by atoms with Gasteiger partial charge in [0.1, 0.15) is 5.75 Å². The quantitative estimate of drug-likeness (QED) is 0.665. The number of hydrogen-bond acceptors (Lipinski definition) is 5. The number of carbonyl (C=O) groups excluding carboxylic acids is 3. The molecule has 0 saturated carbocycles. The second-order valence-corrected chi connectivity index (χ2v) is 6.66. The van der Waals surface area contributed by atoms with E-state index in [4.69, 9.17) is 21.1 Å². The van der Waals surface area contributed by atoms with Crippen LogP contribution < -0.4 is 10.1 Å². The minimum absolute atomic E-state index is 0.169. The summed E-state index contributed by atoms with van der Waals surface area (Å²) in [5.74, 6) is -0.979. The third kappa shape index (κ3) is 6.50. The number of likely N-dealkylation sites (N-methyl/N-ethyl adjacent to an activating group) is 1. The summed E-state index contributed by atoms with van der Waals surface area (Å²) in [7, 11) is 1.49. The Morgan fingerprint density at radius 2 is 1.90 bits per heavy atom. The van der Waals surface area contributed by atoms with Crippen LogP contribution in [0.25, 0.3) is 0 Å². The number of esters is 1. The van der Waals surface area contributed by atoms with Crippen LogP contribution in [0, 0.1) is 6.92 Å². The zero-order valence-electron chi connectivity index (χ0n) is 16.5. The lowest BCUT2D eigenvalue weighted by Gasteiger charge is -2.20. The Hall–Kier alpha value is -3.06. The minimum atomic E-state index is -0.646. The number of methoxy groups -OCH3 is 1. The largest absolute Gasteiger partial charge is 0.497 e. The average Bonchev–Trinajstić information content (AvgIpc) is 2.72. The lowest BCUT2D eigenvalue weighted by Crippen LogP contribution is -2.40. The van der Waals surface area contributed by atoms with E-state index >= 15 is 0 Å². The van der Waals surface area contributed by atoms with E-state index in [1.165, 1.54) is 18.1 Å². The van der Waals surface area contributed by atoms with Crippen molar-refractivity contribution in [1.82, 2.24) is 4.90 Å². The molecule has 0 unspecified atom stereocenters. The molecule has 0 spiro atoms. The second-order valence-electron chi connectivity index (χ2n) is 6.22. The van der Waals surface area contributed by atoms with E-state index in [2.05, 4.69) is 5.32 Å². The molecular weight excluding hydrogens is 396 g/mol. The van der Waals surface area contributed by atoms with Crippen LogP contribution in [0.15, 0.2) is 42.5 Å². The van der Waals surface area contributed by atoms with E-state index in [1.54, 1.807) is 43.3 Å². The minimum Gasteiger partial charge on any atom is -0.497 e. The van der Waals surface area contributed by atoms with Crippen LogP contribution in [0.3, 0.4) is 0 Å². The van der Waals surface area contributed by atoms with E-state index in [9.17, 15) is 14.4 Å². The van der Waals surface area contributed by atoms with E-state index in [0.29, 0.717) is 16.5 Å². The van der Waals surface area contributed by atoms with Gasteiger partial charge in [-0.3, -0.25) is 9.59 Å². The summed E-state index contributed by atoms with van der Waals surface area (Å²) >= 11 is 5.95. The average molecular weight is 419 g/mol. The molecule has 29 heavy (non-hydrogen) atoms. The van der Waals surface area contributed by atoms with Crippen molar-refractivity contribution in [3.8, 4) is 5.75 Å². The van der Waals surface area contributed by atoms with Crippen LogP contribution in [0.5, 0.6) is 5.75 Å². The fourth-order valence-electron chi connectivity index (χ4n) is 2.52. The van der Waals surface area contributed by atoms with Gasteiger partial charge in [-0.2, -0.15) is 0 Å². The molecule has 0 aliphatic rings. The van der Waals surface area contributed by atoms with Crippen LogP contribution in [-0.4, -0.2) is 49.5 Å². The molecule has 0 aliphatic heterocycles. The maximum Gasteiger partial charge on any atom is 0.338 e. The number of nitrogens with one attached hydrogen (secondary N) is 1. The lowest BCUT2D eigenvalue weighted by molar-refractivity contribution is -0.137. The number of amides is 2. The molecule has 0 fully saturated rings. The number of aryl methyl sites for hydroxylation is 1. The van der Waals surface area contributed by atoms with Gasteiger partial charge >= 0.3 is 5.97 Å². The first-order valence-electron chi connectivity index (χ1n) is 8.99. The predicted octanol–water partition coefficient (Wildman–Crippen LogP) is 3.30. The van der Waals surface area contributed by atoms with Crippen molar-refractivity contribution in [1.29, 1.82) is 0 Å². The fraction of sp³-hybridized carbons (Fsp3) is 0.286. The summed E-state index contributed by atoms with van der Waals surface area (Å²) in [6, 6.07) is 11.6. The molecular formula is C21H23ClN2O5. The molecule has 0 atom stereocenters. The zero-order chi connectivity index (χ0) is 21.4. The van der Waals surface area contributed by atoms with Crippen molar-refractivity contribution in [3.63, 3.8) is 0 Å². The Morgan fingerprint density at radius 3 is 2.59 bits per heavy atom. The SMILES string of the molecule is CCN(CC(=O)Nc1cc(Cl)ccc1C)C(=O)COC(=O)c1cccc(OC)c1. The summed E-state index contributed by atoms with van der Waals surface area (Å²) in [5, 5.41) is 3.23. The van der Waals surface area contributed by atoms with Crippen molar-refractivity contribution in [2.45, 2.75) is 13.8 Å². The van der Waals surface area contributed by atoms with Gasteiger partial charge in [0.2, 0.25) is 5.91 Å². The van der Waals surface area contributed by atoms with E-state index in [1.807, 2.05) is 6.92 Å². The van der Waals surface area contributed by atoms with Crippen LogP contribution in [0.2, 0.25) is 5.02 Å². The molecule has 2 aromatic carbocycles. The van der Waals surface area contributed by atoms with Gasteiger partial charge in [-0.15, -0.1) is 0 Å². The molecule has 2 rings (SSSR count). The number of rotatable bonds is 8. The Labute approximate surface area is 174 Å². The molecule has 0 aliphatic carbocycles. The van der Waals surface area contributed by atoms with Crippen molar-refractivity contribution >= 4 is 35.1 Å². The standard InChI is InChI=1S/C21H23ClN2O5/c1-4-24(12-19(25)23-18-11-16(22)9-8-14(18)2)20(26)13-29-21(27)15-6-5-7-17(10-15)28-3/h5-11H,4,12-13H2,1-3H3,(H,23,25). The summed E-state index contributed by atoms with van der Waals surface area (Å²) in [4.78, 5) is 38.1. The van der Waals surface area contributed by atoms with Gasteiger partial charge in [-0.25, -0.2) is 4.79 Å². The number of carbonyl (C=O) groups is 3. The second kappa shape index (κ2) is 10.5. The van der Waals surface area contributed by atoms with Gasteiger partial charge in [0.15, 0.2) is 6.61 Å². The number of ether oxygens (including phenoxy) is 2. The van der Waals surface area contributed by atoms with Crippen molar-refractivity contribution in [2.75, 3.05) is 32.1 Å². The van der Waals surface area contributed by atoms with Crippen LogP contribution in [-0.2, 0) is 14.3 Å². The monoisotopic (exact) mass is 418 g/mol. The highest BCUT2D eigenvalue weighted by Crippen LogP contribution is 2.20. The molecule has 0 radical (unpaired) electrons. The van der Waals surface area contributed by atoms with E-state index in [0.717, 1.165) is 5.56 Å². The molecule has 0 aromatic heterocycles. The molecule has 8 heteroatoms. The molecule has 0 heterocycles. The van der Waals surface area contributed by atoms with Crippen LogP contribution >= 0.6 is 11.6 Å².